The van der Waals surface area contributed by atoms with Crippen LogP contribution in [-0.4, -0.2) is 10.9 Å². The Kier molecular flexibility index (Phi) is 3.09. The number of aromatic nitrogens is 1. The number of nitrogens with one attached hydrogen (secondary N) is 2. The molecule has 0 aliphatic carbocycles. The first kappa shape index (κ1) is 12.8. The number of hydrogen-bond donors (Lipinski definition) is 3. The normalized spacial score (nSPS) is 10.2. The molecule has 1 amide bonds. The summed E-state index contributed by atoms with van der Waals surface area (Å²) in [5.41, 5.74) is 9.16. The highest BCUT2D eigenvalue weighted by atomic mass is 16.1. The summed E-state index contributed by atoms with van der Waals surface area (Å²) in [5, 5.41) is 3.67. The van der Waals surface area contributed by atoms with E-state index in [9.17, 15) is 4.79 Å². The van der Waals surface area contributed by atoms with Gasteiger partial charge in [-0.15, -0.1) is 6.42 Å². The van der Waals surface area contributed by atoms with Crippen molar-refractivity contribution in [2.75, 3.05) is 11.1 Å². The van der Waals surface area contributed by atoms with Crippen LogP contribution in [0, 0.1) is 12.3 Å². The minimum Gasteiger partial charge on any atom is -0.399 e. The van der Waals surface area contributed by atoms with Crippen LogP contribution in [0.15, 0.2) is 48.7 Å². The van der Waals surface area contributed by atoms with Crippen molar-refractivity contribution >= 4 is 28.2 Å². The molecule has 102 valence electrons. The predicted molar refractivity (Wildman–Crippen MR) is 85.0 cm³/mol. The number of nitrogens with two attached hydrogens (primary N) is 1. The van der Waals surface area contributed by atoms with Crippen molar-refractivity contribution in [2.45, 2.75) is 0 Å². The summed E-state index contributed by atoms with van der Waals surface area (Å²) >= 11 is 0. The zero-order chi connectivity index (χ0) is 14.8. The Morgan fingerprint density at radius 1 is 1.24 bits per heavy atom. The molecule has 0 radical (unpaired) electrons. The lowest BCUT2D eigenvalue weighted by Gasteiger charge is -2.05. The summed E-state index contributed by atoms with van der Waals surface area (Å²) in [6.45, 7) is 0. The number of carbonyl (C=O) groups excluding carboxylic acids is 1. The number of rotatable bonds is 2. The zero-order valence-electron chi connectivity index (χ0n) is 11.2. The Bertz CT molecular complexity index is 871. The SMILES string of the molecule is C#Cc1cccc(NC(=O)c2c[nH]c3cc(N)ccc23)c1. The number of carbonyl (C=O) groups is 1. The van der Waals surface area contributed by atoms with E-state index in [4.69, 9.17) is 12.2 Å². The molecular weight excluding hydrogens is 262 g/mol. The molecule has 0 aliphatic rings. The maximum atomic E-state index is 12.4. The number of H-pyrrole nitrogens is 1. The van der Waals surface area contributed by atoms with E-state index in [1.165, 1.54) is 0 Å². The Morgan fingerprint density at radius 3 is 2.90 bits per heavy atom. The maximum absolute atomic E-state index is 12.4. The van der Waals surface area contributed by atoms with Crippen molar-refractivity contribution in [1.29, 1.82) is 0 Å². The van der Waals surface area contributed by atoms with Gasteiger partial charge in [-0.2, -0.15) is 0 Å². The molecule has 4 N–H and O–H groups in total. The standard InChI is InChI=1S/C17H13N3O/c1-2-11-4-3-5-13(8-11)20-17(21)15-10-19-16-9-12(18)6-7-14(15)16/h1,3-10,19H,18H2,(H,20,21). The average molecular weight is 275 g/mol. The van der Waals surface area contributed by atoms with Crippen LogP contribution in [0.1, 0.15) is 15.9 Å². The second kappa shape index (κ2) is 5.06. The van der Waals surface area contributed by atoms with Gasteiger partial charge in [-0.05, 0) is 36.4 Å². The summed E-state index contributed by atoms with van der Waals surface area (Å²) in [7, 11) is 0. The van der Waals surface area contributed by atoms with Crippen LogP contribution < -0.4 is 11.1 Å². The molecule has 21 heavy (non-hydrogen) atoms. The number of aromatic amines is 1. The van der Waals surface area contributed by atoms with Crippen LogP contribution in [0.25, 0.3) is 10.9 Å². The molecule has 0 spiro atoms. The van der Waals surface area contributed by atoms with Crippen LogP contribution in [0.2, 0.25) is 0 Å². The van der Waals surface area contributed by atoms with Crippen molar-refractivity contribution < 1.29 is 4.79 Å². The molecule has 0 bridgehead atoms. The van der Waals surface area contributed by atoms with Gasteiger partial charge in [0.15, 0.2) is 0 Å². The van der Waals surface area contributed by atoms with E-state index in [0.717, 1.165) is 16.5 Å². The fourth-order valence-corrected chi connectivity index (χ4v) is 2.22. The van der Waals surface area contributed by atoms with Crippen LogP contribution >= 0.6 is 0 Å². The molecule has 3 rings (SSSR count). The third kappa shape index (κ3) is 2.45. The van der Waals surface area contributed by atoms with E-state index in [2.05, 4.69) is 16.2 Å². The van der Waals surface area contributed by atoms with Crippen molar-refractivity contribution in [2.24, 2.45) is 0 Å². The lowest BCUT2D eigenvalue weighted by molar-refractivity contribution is 0.102. The van der Waals surface area contributed by atoms with Crippen LogP contribution in [-0.2, 0) is 0 Å². The first-order chi connectivity index (χ1) is 10.2. The second-order valence-electron chi connectivity index (χ2n) is 4.69. The molecule has 4 heteroatoms. The Morgan fingerprint density at radius 2 is 2.10 bits per heavy atom. The van der Waals surface area contributed by atoms with Gasteiger partial charge in [0.1, 0.15) is 0 Å². The fourth-order valence-electron chi connectivity index (χ4n) is 2.22. The number of fused-ring (bicyclic) bond motifs is 1. The van der Waals surface area contributed by atoms with Gasteiger partial charge in [0.05, 0.1) is 5.56 Å². The number of anilines is 2. The molecule has 0 saturated carbocycles. The van der Waals surface area contributed by atoms with Gasteiger partial charge in [-0.1, -0.05) is 12.0 Å². The number of amides is 1. The van der Waals surface area contributed by atoms with Gasteiger partial charge in [0.2, 0.25) is 0 Å². The molecule has 0 aliphatic heterocycles. The van der Waals surface area contributed by atoms with Gasteiger partial charge in [0, 0.05) is 34.0 Å². The van der Waals surface area contributed by atoms with Crippen molar-refractivity contribution in [1.82, 2.24) is 4.98 Å². The van der Waals surface area contributed by atoms with Crippen molar-refractivity contribution in [3.05, 3.63) is 59.8 Å². The van der Waals surface area contributed by atoms with Crippen LogP contribution in [0.3, 0.4) is 0 Å². The number of terminal acetylenes is 1. The highest BCUT2D eigenvalue weighted by molar-refractivity contribution is 6.13. The maximum Gasteiger partial charge on any atom is 0.257 e. The lowest BCUT2D eigenvalue weighted by Crippen LogP contribution is -2.11. The summed E-state index contributed by atoms with van der Waals surface area (Å²) in [4.78, 5) is 15.4. The van der Waals surface area contributed by atoms with Crippen LogP contribution in [0.5, 0.6) is 0 Å². The smallest absolute Gasteiger partial charge is 0.257 e. The highest BCUT2D eigenvalue weighted by Gasteiger charge is 2.12. The van der Waals surface area contributed by atoms with Gasteiger partial charge in [-0.3, -0.25) is 4.79 Å². The molecule has 0 atom stereocenters. The fraction of sp³-hybridized carbons (Fsp3) is 0. The molecule has 3 aromatic rings. The van der Waals surface area contributed by atoms with Crippen LogP contribution in [0.4, 0.5) is 11.4 Å². The third-order valence-electron chi connectivity index (χ3n) is 3.24. The quantitative estimate of drug-likeness (QED) is 0.497. The highest BCUT2D eigenvalue weighted by Crippen LogP contribution is 2.22. The van der Waals surface area contributed by atoms with Gasteiger partial charge in [0.25, 0.3) is 5.91 Å². The minimum absolute atomic E-state index is 0.194. The molecule has 0 unspecified atom stereocenters. The topological polar surface area (TPSA) is 70.9 Å². The summed E-state index contributed by atoms with van der Waals surface area (Å²) in [5.74, 6) is 2.35. The first-order valence-corrected chi connectivity index (χ1v) is 6.42. The van der Waals surface area contributed by atoms with E-state index in [0.29, 0.717) is 16.9 Å². The summed E-state index contributed by atoms with van der Waals surface area (Å²) in [6, 6.07) is 12.6. The number of hydrogen-bond acceptors (Lipinski definition) is 2. The Hall–Kier alpha value is -3.19. The van der Waals surface area contributed by atoms with Crippen molar-refractivity contribution in [3.63, 3.8) is 0 Å². The van der Waals surface area contributed by atoms with Gasteiger partial charge < -0.3 is 16.0 Å². The van der Waals surface area contributed by atoms with E-state index in [1.54, 1.807) is 36.5 Å². The third-order valence-corrected chi connectivity index (χ3v) is 3.24. The molecule has 0 saturated heterocycles. The molecule has 2 aromatic carbocycles. The molecular formula is C17H13N3O. The van der Waals surface area contributed by atoms with Gasteiger partial charge in [-0.25, -0.2) is 0 Å². The molecule has 4 nitrogen and oxygen atoms in total. The van der Waals surface area contributed by atoms with E-state index < -0.39 is 0 Å². The van der Waals surface area contributed by atoms with E-state index in [1.807, 2.05) is 12.1 Å². The second-order valence-corrected chi connectivity index (χ2v) is 4.69. The Labute approximate surface area is 122 Å². The number of benzene rings is 2. The predicted octanol–water partition coefficient (Wildman–Crippen LogP) is 2.98. The van der Waals surface area contributed by atoms with E-state index >= 15 is 0 Å². The summed E-state index contributed by atoms with van der Waals surface area (Å²) in [6.07, 6.45) is 7.02. The summed E-state index contributed by atoms with van der Waals surface area (Å²) < 4.78 is 0. The molecule has 1 aromatic heterocycles. The number of nitrogen functional groups attached to an aromatic ring is 1. The molecule has 1 heterocycles. The van der Waals surface area contributed by atoms with E-state index in [-0.39, 0.29) is 5.91 Å². The van der Waals surface area contributed by atoms with Gasteiger partial charge >= 0.3 is 0 Å². The first-order valence-electron chi connectivity index (χ1n) is 6.42. The van der Waals surface area contributed by atoms with Crippen molar-refractivity contribution in [3.8, 4) is 12.3 Å². The average Bonchev–Trinajstić information content (AvgIpc) is 2.90. The Balaban J connectivity index is 1.92. The largest absolute Gasteiger partial charge is 0.399 e. The minimum atomic E-state index is -0.194. The monoisotopic (exact) mass is 275 g/mol. The lowest BCUT2D eigenvalue weighted by atomic mass is 10.1. The molecule has 0 fully saturated rings. The zero-order valence-corrected chi connectivity index (χ0v) is 11.2.